The number of hydrogen-bond donors (Lipinski definition) is 4. The molecule has 6 nitrogen and oxygen atoms in total. The molecule has 1 heterocycles. The molecule has 0 saturated carbocycles. The van der Waals surface area contributed by atoms with Gasteiger partial charge in [0.1, 0.15) is 30.2 Å². The molecule has 1 aliphatic rings. The lowest BCUT2D eigenvalue weighted by atomic mass is 9.92. The van der Waals surface area contributed by atoms with E-state index in [4.69, 9.17) is 9.84 Å². The number of ether oxygens (including phenoxy) is 1. The fraction of sp³-hybridized carbons (Fsp3) is 0.923. The van der Waals surface area contributed by atoms with Gasteiger partial charge in [-0.25, -0.2) is 0 Å². The van der Waals surface area contributed by atoms with E-state index in [2.05, 4.69) is 0 Å². The Hall–Kier alpha value is -0.530. The molecule has 19 heavy (non-hydrogen) atoms. The predicted octanol–water partition coefficient (Wildman–Crippen LogP) is -0.632. The predicted molar refractivity (Wildman–Crippen MR) is 67.5 cm³/mol. The molecule has 1 rings (SSSR count). The summed E-state index contributed by atoms with van der Waals surface area (Å²) in [4.78, 5) is 11.7. The Morgan fingerprint density at radius 3 is 2.26 bits per heavy atom. The Kier molecular flexibility index (Phi) is 6.88. The lowest BCUT2D eigenvalue weighted by molar-refractivity contribution is -0.229. The van der Waals surface area contributed by atoms with Gasteiger partial charge in [0.2, 0.25) is 0 Å². The number of hydrogen-bond acceptors (Lipinski definition) is 6. The Morgan fingerprint density at radius 2 is 1.68 bits per heavy atom. The topological polar surface area (TPSA) is 107 Å². The molecule has 0 bridgehead atoms. The normalized spacial score (nSPS) is 35.3. The van der Waals surface area contributed by atoms with Gasteiger partial charge in [0.05, 0.1) is 12.7 Å². The molecule has 1 saturated heterocycles. The van der Waals surface area contributed by atoms with Crippen LogP contribution in [-0.4, -0.2) is 63.3 Å². The highest BCUT2D eigenvalue weighted by Gasteiger charge is 2.43. The molecule has 0 radical (unpaired) electrons. The van der Waals surface area contributed by atoms with Gasteiger partial charge in [-0.05, 0) is 6.42 Å². The number of Topliss-reactive ketones (excluding diaryl/α,β-unsaturated/α-hetero) is 1. The smallest absolute Gasteiger partial charge is 0.135 e. The van der Waals surface area contributed by atoms with Gasteiger partial charge in [-0.2, -0.15) is 0 Å². The maximum Gasteiger partial charge on any atom is 0.135 e. The molecule has 112 valence electrons. The van der Waals surface area contributed by atoms with Crippen LogP contribution in [0.15, 0.2) is 0 Å². The van der Waals surface area contributed by atoms with Gasteiger partial charge in [0.15, 0.2) is 0 Å². The van der Waals surface area contributed by atoms with Crippen molar-refractivity contribution in [2.24, 2.45) is 0 Å². The highest BCUT2D eigenvalue weighted by atomic mass is 16.5. The summed E-state index contributed by atoms with van der Waals surface area (Å²) in [5.41, 5.74) is 0. The highest BCUT2D eigenvalue weighted by Crippen LogP contribution is 2.23. The second kappa shape index (κ2) is 7.91. The standard InChI is InChI=1S/C13H24O6/c1-2-3-4-5-8(15)6-9-11(16)13(18)12(17)10(7-14)19-9/h9-14,16-18H,2-7H2,1H3/t9-,10-,11+,12-,13-/m1/s1. The molecule has 1 aliphatic heterocycles. The van der Waals surface area contributed by atoms with E-state index in [1.807, 2.05) is 6.92 Å². The zero-order valence-electron chi connectivity index (χ0n) is 11.2. The number of rotatable bonds is 7. The monoisotopic (exact) mass is 276 g/mol. The van der Waals surface area contributed by atoms with Crippen LogP contribution in [0.2, 0.25) is 0 Å². The fourth-order valence-electron chi connectivity index (χ4n) is 2.25. The van der Waals surface area contributed by atoms with Gasteiger partial charge in [0.25, 0.3) is 0 Å². The van der Waals surface area contributed by atoms with Gasteiger partial charge >= 0.3 is 0 Å². The van der Waals surface area contributed by atoms with E-state index in [1.54, 1.807) is 0 Å². The van der Waals surface area contributed by atoms with Crippen LogP contribution in [-0.2, 0) is 9.53 Å². The summed E-state index contributed by atoms with van der Waals surface area (Å²) < 4.78 is 5.28. The lowest BCUT2D eigenvalue weighted by Gasteiger charge is -2.39. The number of carbonyl (C=O) groups is 1. The van der Waals surface area contributed by atoms with Crippen LogP contribution in [0.5, 0.6) is 0 Å². The first-order chi connectivity index (χ1) is 9.01. The van der Waals surface area contributed by atoms with Crippen LogP contribution in [0.4, 0.5) is 0 Å². The van der Waals surface area contributed by atoms with Crippen molar-refractivity contribution in [1.29, 1.82) is 0 Å². The van der Waals surface area contributed by atoms with E-state index in [0.29, 0.717) is 6.42 Å². The summed E-state index contributed by atoms with van der Waals surface area (Å²) in [6, 6.07) is 0. The van der Waals surface area contributed by atoms with E-state index < -0.39 is 37.1 Å². The van der Waals surface area contributed by atoms with Crippen LogP contribution >= 0.6 is 0 Å². The van der Waals surface area contributed by atoms with Gasteiger partial charge in [-0.15, -0.1) is 0 Å². The Labute approximate surface area is 113 Å². The Balaban J connectivity index is 2.49. The third kappa shape index (κ3) is 4.50. The van der Waals surface area contributed by atoms with E-state index >= 15 is 0 Å². The molecule has 0 amide bonds. The number of unbranched alkanes of at least 4 members (excludes halogenated alkanes) is 2. The third-order valence-electron chi connectivity index (χ3n) is 3.48. The summed E-state index contributed by atoms with van der Waals surface area (Å²) in [6.07, 6.45) is -2.69. The van der Waals surface area contributed by atoms with Crippen LogP contribution < -0.4 is 0 Å². The quantitative estimate of drug-likeness (QED) is 0.461. The van der Waals surface area contributed by atoms with Crippen molar-refractivity contribution in [3.05, 3.63) is 0 Å². The van der Waals surface area contributed by atoms with Crippen LogP contribution in [0.3, 0.4) is 0 Å². The van der Waals surface area contributed by atoms with E-state index in [9.17, 15) is 20.1 Å². The van der Waals surface area contributed by atoms with Crippen molar-refractivity contribution in [2.75, 3.05) is 6.61 Å². The maximum absolute atomic E-state index is 11.7. The maximum atomic E-state index is 11.7. The molecule has 0 unspecified atom stereocenters. The van der Waals surface area contributed by atoms with E-state index in [0.717, 1.165) is 19.3 Å². The van der Waals surface area contributed by atoms with Gasteiger partial charge in [0, 0.05) is 12.8 Å². The third-order valence-corrected chi connectivity index (χ3v) is 3.48. The van der Waals surface area contributed by atoms with Gasteiger partial charge in [-0.3, -0.25) is 4.79 Å². The first kappa shape index (κ1) is 16.5. The second-order valence-electron chi connectivity index (χ2n) is 5.07. The summed E-state index contributed by atoms with van der Waals surface area (Å²) >= 11 is 0. The molecule has 6 heteroatoms. The number of ketones is 1. The molecule has 0 aromatic heterocycles. The first-order valence-electron chi connectivity index (χ1n) is 6.83. The van der Waals surface area contributed by atoms with Gasteiger partial charge in [-0.1, -0.05) is 19.8 Å². The van der Waals surface area contributed by atoms with Crippen LogP contribution in [0.1, 0.15) is 39.0 Å². The molecule has 0 spiro atoms. The van der Waals surface area contributed by atoms with Crippen LogP contribution in [0, 0.1) is 0 Å². The average molecular weight is 276 g/mol. The van der Waals surface area contributed by atoms with Crippen molar-refractivity contribution in [1.82, 2.24) is 0 Å². The molecular formula is C13H24O6. The van der Waals surface area contributed by atoms with Crippen molar-refractivity contribution in [3.63, 3.8) is 0 Å². The minimum atomic E-state index is -1.40. The van der Waals surface area contributed by atoms with Crippen molar-refractivity contribution < 1.29 is 30.0 Å². The fourth-order valence-corrected chi connectivity index (χ4v) is 2.25. The summed E-state index contributed by atoms with van der Waals surface area (Å²) in [7, 11) is 0. The molecule has 0 aromatic carbocycles. The molecular weight excluding hydrogens is 252 g/mol. The lowest BCUT2D eigenvalue weighted by Crippen LogP contribution is -2.58. The zero-order chi connectivity index (χ0) is 14.4. The molecule has 0 aromatic rings. The van der Waals surface area contributed by atoms with E-state index in [-0.39, 0.29) is 12.2 Å². The number of aliphatic hydroxyl groups excluding tert-OH is 4. The molecule has 1 fully saturated rings. The first-order valence-corrected chi connectivity index (χ1v) is 6.83. The van der Waals surface area contributed by atoms with E-state index in [1.165, 1.54) is 0 Å². The summed E-state index contributed by atoms with van der Waals surface area (Å²) in [5.74, 6) is -0.0437. The van der Waals surface area contributed by atoms with Crippen LogP contribution in [0.25, 0.3) is 0 Å². The van der Waals surface area contributed by atoms with Crippen molar-refractivity contribution in [2.45, 2.75) is 69.5 Å². The Bertz CT molecular complexity index is 280. The van der Waals surface area contributed by atoms with Crippen molar-refractivity contribution >= 4 is 5.78 Å². The van der Waals surface area contributed by atoms with Gasteiger partial charge < -0.3 is 25.2 Å². The average Bonchev–Trinajstić information content (AvgIpc) is 2.39. The second-order valence-corrected chi connectivity index (χ2v) is 5.07. The Morgan fingerprint density at radius 1 is 1.05 bits per heavy atom. The SMILES string of the molecule is CCCCCC(=O)C[C@H]1O[C@H](CO)[C@@H](O)[C@H](O)[C@H]1O. The largest absolute Gasteiger partial charge is 0.394 e. The number of aliphatic hydroxyl groups is 4. The summed E-state index contributed by atoms with van der Waals surface area (Å²) in [5, 5.41) is 38.0. The number of carbonyl (C=O) groups excluding carboxylic acids is 1. The minimum absolute atomic E-state index is 0.00877. The summed E-state index contributed by atoms with van der Waals surface area (Å²) in [6.45, 7) is 1.58. The minimum Gasteiger partial charge on any atom is -0.394 e. The molecule has 0 aliphatic carbocycles. The molecule has 4 N–H and O–H groups in total. The highest BCUT2D eigenvalue weighted by molar-refractivity contribution is 5.78. The van der Waals surface area contributed by atoms with Crippen molar-refractivity contribution in [3.8, 4) is 0 Å². The molecule has 5 atom stereocenters. The zero-order valence-corrected chi connectivity index (χ0v) is 11.2.